The Balaban J connectivity index is 1.65. The average molecular weight is 354 g/mol. The Morgan fingerprint density at radius 3 is 2.42 bits per heavy atom. The second-order valence-electron chi connectivity index (χ2n) is 6.04. The lowest BCUT2D eigenvalue weighted by Gasteiger charge is -2.09. The van der Waals surface area contributed by atoms with Crippen LogP contribution in [0.15, 0.2) is 42.5 Å². The second kappa shape index (κ2) is 6.13. The van der Waals surface area contributed by atoms with Crippen molar-refractivity contribution in [2.75, 3.05) is 5.32 Å². The molecule has 2 aromatic carbocycles. The molecule has 1 N–H and O–H groups in total. The van der Waals surface area contributed by atoms with Crippen LogP contribution in [0.3, 0.4) is 0 Å². The lowest BCUT2D eigenvalue weighted by molar-refractivity contribution is -0.137. The molecule has 6 heteroatoms. The SMILES string of the molecule is Cc1ccc(NC(=O)C2CC2c2ccc(C(F)(F)F)cc2)c(Cl)c1. The smallest absolute Gasteiger partial charge is 0.325 e. The summed E-state index contributed by atoms with van der Waals surface area (Å²) in [6.07, 6.45) is -3.72. The highest BCUT2D eigenvalue weighted by Gasteiger charge is 2.44. The molecule has 1 aliphatic rings. The first kappa shape index (κ1) is 16.8. The van der Waals surface area contributed by atoms with E-state index in [1.807, 2.05) is 13.0 Å². The molecule has 0 radical (unpaired) electrons. The lowest BCUT2D eigenvalue weighted by atomic mass is 10.1. The highest BCUT2D eigenvalue weighted by atomic mass is 35.5. The fraction of sp³-hybridized carbons (Fsp3) is 0.278. The molecule has 3 rings (SSSR count). The number of halogens is 4. The number of hydrogen-bond donors (Lipinski definition) is 1. The van der Waals surface area contributed by atoms with E-state index in [2.05, 4.69) is 5.32 Å². The van der Waals surface area contributed by atoms with Crippen LogP contribution in [0.1, 0.15) is 29.0 Å². The van der Waals surface area contributed by atoms with Crippen LogP contribution in [0.4, 0.5) is 18.9 Å². The number of amides is 1. The summed E-state index contributed by atoms with van der Waals surface area (Å²) in [7, 11) is 0. The zero-order chi connectivity index (χ0) is 17.5. The molecular weight excluding hydrogens is 339 g/mol. The van der Waals surface area contributed by atoms with Crippen molar-refractivity contribution >= 4 is 23.2 Å². The molecule has 0 aliphatic heterocycles. The molecule has 1 saturated carbocycles. The molecule has 1 amide bonds. The molecule has 126 valence electrons. The molecule has 0 heterocycles. The fourth-order valence-electron chi connectivity index (χ4n) is 2.72. The monoisotopic (exact) mass is 353 g/mol. The molecule has 0 spiro atoms. The molecule has 2 atom stereocenters. The van der Waals surface area contributed by atoms with Gasteiger partial charge in [0, 0.05) is 5.92 Å². The zero-order valence-corrected chi connectivity index (χ0v) is 13.6. The van der Waals surface area contributed by atoms with Gasteiger partial charge in [-0.25, -0.2) is 0 Å². The maximum Gasteiger partial charge on any atom is 0.416 e. The molecule has 2 aromatic rings. The van der Waals surface area contributed by atoms with Crippen molar-refractivity contribution in [1.29, 1.82) is 0 Å². The van der Waals surface area contributed by atoms with Gasteiger partial charge in [-0.2, -0.15) is 13.2 Å². The third-order valence-electron chi connectivity index (χ3n) is 4.18. The number of carbonyl (C=O) groups excluding carboxylic acids is 1. The molecule has 0 bridgehead atoms. The van der Waals surface area contributed by atoms with Gasteiger partial charge in [0.2, 0.25) is 5.91 Å². The van der Waals surface area contributed by atoms with Crippen LogP contribution in [0, 0.1) is 12.8 Å². The predicted molar refractivity (Wildman–Crippen MR) is 87.1 cm³/mol. The molecule has 0 saturated heterocycles. The number of carbonyl (C=O) groups is 1. The summed E-state index contributed by atoms with van der Waals surface area (Å²) in [6, 6.07) is 10.3. The summed E-state index contributed by atoms with van der Waals surface area (Å²) in [5.41, 5.74) is 1.61. The zero-order valence-electron chi connectivity index (χ0n) is 12.8. The highest BCUT2D eigenvalue weighted by molar-refractivity contribution is 6.33. The van der Waals surface area contributed by atoms with Gasteiger partial charge in [-0.15, -0.1) is 0 Å². The Morgan fingerprint density at radius 2 is 1.83 bits per heavy atom. The summed E-state index contributed by atoms with van der Waals surface area (Å²) >= 11 is 6.09. The lowest BCUT2D eigenvalue weighted by Crippen LogP contribution is -2.15. The van der Waals surface area contributed by atoms with Gasteiger partial charge >= 0.3 is 6.18 Å². The van der Waals surface area contributed by atoms with Crippen LogP contribution in [0.5, 0.6) is 0 Å². The van der Waals surface area contributed by atoms with Crippen LogP contribution in [-0.2, 0) is 11.0 Å². The van der Waals surface area contributed by atoms with Gasteiger partial charge in [0.05, 0.1) is 16.3 Å². The minimum atomic E-state index is -4.35. The maximum atomic E-state index is 12.6. The third kappa shape index (κ3) is 3.56. The average Bonchev–Trinajstić information content (AvgIpc) is 3.30. The van der Waals surface area contributed by atoms with Gasteiger partial charge in [-0.1, -0.05) is 29.8 Å². The highest BCUT2D eigenvalue weighted by Crippen LogP contribution is 2.48. The van der Waals surface area contributed by atoms with Crippen LogP contribution in [-0.4, -0.2) is 5.91 Å². The van der Waals surface area contributed by atoms with E-state index in [1.165, 1.54) is 12.1 Å². The second-order valence-corrected chi connectivity index (χ2v) is 6.45. The van der Waals surface area contributed by atoms with E-state index in [0.717, 1.165) is 23.3 Å². The van der Waals surface area contributed by atoms with Crippen molar-refractivity contribution in [3.05, 3.63) is 64.2 Å². The van der Waals surface area contributed by atoms with Gasteiger partial charge < -0.3 is 5.32 Å². The Labute approximate surface area is 142 Å². The summed E-state index contributed by atoms with van der Waals surface area (Å²) in [6.45, 7) is 1.90. The Morgan fingerprint density at radius 1 is 1.17 bits per heavy atom. The summed E-state index contributed by atoms with van der Waals surface area (Å²) < 4.78 is 37.7. The standard InChI is InChI=1S/C18H15ClF3NO/c1-10-2-7-16(15(19)8-10)23-17(24)14-9-13(14)11-3-5-12(6-4-11)18(20,21)22/h2-8,13-14H,9H2,1H3,(H,23,24). The first-order valence-corrected chi connectivity index (χ1v) is 7.87. The largest absolute Gasteiger partial charge is 0.416 e. The van der Waals surface area contributed by atoms with Crippen molar-refractivity contribution < 1.29 is 18.0 Å². The minimum absolute atomic E-state index is 0.0449. The van der Waals surface area contributed by atoms with Crippen molar-refractivity contribution in [1.82, 2.24) is 0 Å². The van der Waals surface area contributed by atoms with Gasteiger partial charge in [0.25, 0.3) is 0 Å². The van der Waals surface area contributed by atoms with Gasteiger partial charge in [-0.05, 0) is 54.7 Å². The van der Waals surface area contributed by atoms with Crippen LogP contribution >= 0.6 is 11.6 Å². The number of benzene rings is 2. The maximum absolute atomic E-state index is 12.6. The number of alkyl halides is 3. The minimum Gasteiger partial charge on any atom is -0.325 e. The third-order valence-corrected chi connectivity index (χ3v) is 4.49. The Hall–Kier alpha value is -2.01. The van der Waals surface area contributed by atoms with Crippen LogP contribution in [0.25, 0.3) is 0 Å². The van der Waals surface area contributed by atoms with E-state index < -0.39 is 11.7 Å². The number of nitrogens with one attached hydrogen (secondary N) is 1. The fourth-order valence-corrected chi connectivity index (χ4v) is 3.00. The van der Waals surface area contributed by atoms with Crippen molar-refractivity contribution in [3.63, 3.8) is 0 Å². The van der Waals surface area contributed by atoms with E-state index in [0.29, 0.717) is 17.1 Å². The summed E-state index contributed by atoms with van der Waals surface area (Å²) in [4.78, 5) is 12.3. The number of anilines is 1. The molecule has 2 unspecified atom stereocenters. The predicted octanol–water partition coefficient (Wildman–Crippen LogP) is 5.41. The molecule has 24 heavy (non-hydrogen) atoms. The molecule has 1 aliphatic carbocycles. The summed E-state index contributed by atoms with van der Waals surface area (Å²) in [5, 5.41) is 3.25. The van der Waals surface area contributed by atoms with Crippen molar-refractivity contribution in [2.45, 2.75) is 25.4 Å². The Kier molecular flexibility index (Phi) is 4.30. The van der Waals surface area contributed by atoms with E-state index >= 15 is 0 Å². The normalized spacial score (nSPS) is 19.9. The number of aryl methyl sites for hydroxylation is 1. The van der Waals surface area contributed by atoms with E-state index in [-0.39, 0.29) is 17.7 Å². The molecule has 0 aromatic heterocycles. The topological polar surface area (TPSA) is 29.1 Å². The van der Waals surface area contributed by atoms with Crippen LogP contribution < -0.4 is 5.32 Å². The van der Waals surface area contributed by atoms with E-state index in [9.17, 15) is 18.0 Å². The van der Waals surface area contributed by atoms with Crippen molar-refractivity contribution in [3.8, 4) is 0 Å². The van der Waals surface area contributed by atoms with E-state index in [4.69, 9.17) is 11.6 Å². The number of rotatable bonds is 3. The first-order valence-electron chi connectivity index (χ1n) is 7.50. The Bertz CT molecular complexity index is 771. The van der Waals surface area contributed by atoms with Crippen LogP contribution in [0.2, 0.25) is 5.02 Å². The van der Waals surface area contributed by atoms with Gasteiger partial charge in [0.15, 0.2) is 0 Å². The van der Waals surface area contributed by atoms with Crippen molar-refractivity contribution in [2.24, 2.45) is 5.92 Å². The molecule has 2 nitrogen and oxygen atoms in total. The summed E-state index contributed by atoms with van der Waals surface area (Å²) in [5.74, 6) is -0.443. The van der Waals surface area contributed by atoms with Gasteiger partial charge in [-0.3, -0.25) is 4.79 Å². The molecular formula is C18H15ClF3NO. The van der Waals surface area contributed by atoms with E-state index in [1.54, 1.807) is 12.1 Å². The van der Waals surface area contributed by atoms with Gasteiger partial charge in [0.1, 0.15) is 0 Å². The molecule has 1 fully saturated rings. The first-order chi connectivity index (χ1) is 11.3. The number of hydrogen-bond acceptors (Lipinski definition) is 1. The quantitative estimate of drug-likeness (QED) is 0.785.